The molecule has 0 unspecified atom stereocenters. The van der Waals surface area contributed by atoms with E-state index in [9.17, 15) is 4.39 Å². The first-order valence-electron chi connectivity index (χ1n) is 21.8. The molecule has 0 atom stereocenters. The van der Waals surface area contributed by atoms with Crippen LogP contribution in [-0.4, -0.2) is 17.8 Å². The second-order valence-corrected chi connectivity index (χ2v) is 24.2. The molecule has 1 heterocycles. The first-order chi connectivity index (χ1) is 31.6. The van der Waals surface area contributed by atoms with Crippen LogP contribution in [0.1, 0.15) is 0 Å². The number of rotatable bonds is 10. The van der Waals surface area contributed by atoms with Crippen molar-refractivity contribution in [2.24, 2.45) is 0 Å². The van der Waals surface area contributed by atoms with E-state index in [-0.39, 0.29) is 5.82 Å². The van der Waals surface area contributed by atoms with Gasteiger partial charge in [0.05, 0.1) is 11.0 Å². The van der Waals surface area contributed by atoms with Crippen molar-refractivity contribution in [2.45, 2.75) is 0 Å². The Morgan fingerprint density at radius 3 is 1.22 bits per heavy atom. The molecule has 0 bridgehead atoms. The van der Waals surface area contributed by atoms with Crippen LogP contribution in [0.3, 0.4) is 0 Å². The van der Waals surface area contributed by atoms with Crippen molar-refractivity contribution >= 4 is 69.7 Å². The molecule has 0 saturated heterocycles. The van der Waals surface area contributed by atoms with Crippen molar-refractivity contribution in [3.05, 3.63) is 267 Å². The number of benzene rings is 10. The molecule has 2 nitrogen and oxygen atoms in total. The van der Waals surface area contributed by atoms with Gasteiger partial charge in [0.15, 0.2) is 0 Å². The minimum Gasteiger partial charge on any atom is -0.0351 e. The Bertz CT molecular complexity index is 3240. The molecule has 0 aliphatic heterocycles. The van der Waals surface area contributed by atoms with Gasteiger partial charge in [-0.15, -0.1) is 0 Å². The van der Waals surface area contributed by atoms with E-state index >= 15 is 0 Å². The van der Waals surface area contributed by atoms with Crippen LogP contribution in [-0.2, 0) is 0 Å². The van der Waals surface area contributed by atoms with Gasteiger partial charge >= 0.3 is 251 Å². The molecule has 0 aliphatic carbocycles. The van der Waals surface area contributed by atoms with Gasteiger partial charge in [-0.25, -0.2) is 4.39 Å². The molecule has 1 aromatic heterocycles. The molecular weight excluding hydrogens is 840 g/mol. The molecule has 304 valence electrons. The quantitative estimate of drug-likeness (QED) is 0.124. The molecule has 0 radical (unpaired) electrons. The van der Waals surface area contributed by atoms with Crippen molar-refractivity contribution in [3.8, 4) is 27.9 Å². The summed E-state index contributed by atoms with van der Waals surface area (Å²) in [5, 5.41) is 2.27. The summed E-state index contributed by atoms with van der Waals surface area (Å²) in [6, 6.07) is 93.0. The SMILES string of the molecule is Fc1ccc(-n2c3ccccc3c3cc(N(c4ccc(-c5ccccc5)cc4)c4ccc(-c5cc[c]([Ge]([c]6ccccc6)([c]6ccccc6)[c]6ccccc6)cc5)cc4)ccc32)cc1. The van der Waals surface area contributed by atoms with Gasteiger partial charge < -0.3 is 4.57 Å². The number of anilines is 3. The third-order valence-corrected chi connectivity index (χ3v) is 22.7. The normalized spacial score (nSPS) is 11.5. The Morgan fingerprint density at radius 2 is 0.703 bits per heavy atom. The van der Waals surface area contributed by atoms with Crippen LogP contribution >= 0.6 is 0 Å². The topological polar surface area (TPSA) is 8.17 Å². The number of nitrogens with zero attached hydrogens (tertiary/aromatic N) is 2. The van der Waals surface area contributed by atoms with Crippen LogP contribution in [0.4, 0.5) is 21.5 Å². The summed E-state index contributed by atoms with van der Waals surface area (Å²) in [5.41, 5.74) is 10.9. The average Bonchev–Trinajstić information content (AvgIpc) is 3.70. The fourth-order valence-electron chi connectivity index (χ4n) is 9.63. The summed E-state index contributed by atoms with van der Waals surface area (Å²) in [4.78, 5) is 2.34. The standard InChI is InChI=1S/C60H43FGeN2/c61-48-31-39-55(40-32-48)64-59-24-14-13-23-57(59)58-43-56(41-42-60(58)64)63(53-35-27-46(28-36-53)44-15-5-1-6-16-44)54-37-29-47(30-38-54)45-25-33-52(34-26-45)62(49-17-7-2-8-18-49,50-19-9-3-10-20-50)51-21-11-4-12-22-51/h1-43H. The Balaban J connectivity index is 1.00. The number of fused-ring (bicyclic) bond motifs is 3. The van der Waals surface area contributed by atoms with Crippen molar-refractivity contribution < 1.29 is 4.39 Å². The van der Waals surface area contributed by atoms with Crippen LogP contribution < -0.4 is 22.5 Å². The van der Waals surface area contributed by atoms with Crippen LogP contribution in [0.15, 0.2) is 261 Å². The van der Waals surface area contributed by atoms with Gasteiger partial charge in [-0.2, -0.15) is 0 Å². The maximum atomic E-state index is 14.1. The smallest absolute Gasteiger partial charge is 0.0351 e. The summed E-state index contributed by atoms with van der Waals surface area (Å²) >= 11 is -3.37. The molecule has 0 saturated carbocycles. The number of hydrogen-bond donors (Lipinski definition) is 0. The monoisotopic (exact) mass is 884 g/mol. The number of aromatic nitrogens is 1. The zero-order valence-corrected chi connectivity index (χ0v) is 37.2. The molecule has 11 aromatic rings. The first-order valence-corrected chi connectivity index (χ1v) is 26.0. The molecule has 0 amide bonds. The van der Waals surface area contributed by atoms with E-state index in [2.05, 4.69) is 246 Å². The van der Waals surface area contributed by atoms with E-state index in [1.165, 1.54) is 46.4 Å². The summed E-state index contributed by atoms with van der Waals surface area (Å²) in [6.45, 7) is 0. The minimum absolute atomic E-state index is 0.248. The van der Waals surface area contributed by atoms with Crippen LogP contribution in [0.5, 0.6) is 0 Å². The second kappa shape index (κ2) is 16.9. The van der Waals surface area contributed by atoms with Gasteiger partial charge in [0, 0.05) is 11.1 Å². The zero-order valence-electron chi connectivity index (χ0n) is 35.1. The van der Waals surface area contributed by atoms with E-state index in [1.807, 2.05) is 12.1 Å². The molecular formula is C60H43FGeN2. The summed E-state index contributed by atoms with van der Waals surface area (Å²) in [6.07, 6.45) is 0. The van der Waals surface area contributed by atoms with Crippen LogP contribution in [0.25, 0.3) is 49.7 Å². The molecule has 0 fully saturated rings. The fraction of sp³-hybridized carbons (Fsp3) is 0. The zero-order chi connectivity index (χ0) is 42.9. The van der Waals surface area contributed by atoms with E-state index in [0.717, 1.165) is 50.1 Å². The summed E-state index contributed by atoms with van der Waals surface area (Å²) in [5.74, 6) is -0.248. The van der Waals surface area contributed by atoms with Gasteiger partial charge in [0.1, 0.15) is 5.82 Å². The average molecular weight is 884 g/mol. The summed E-state index contributed by atoms with van der Waals surface area (Å²) in [7, 11) is 0. The Hall–Kier alpha value is -7.73. The van der Waals surface area contributed by atoms with Crippen molar-refractivity contribution in [1.29, 1.82) is 0 Å². The number of halogens is 1. The van der Waals surface area contributed by atoms with Crippen molar-refractivity contribution in [2.75, 3.05) is 4.90 Å². The molecule has 0 N–H and O–H groups in total. The number of para-hydroxylation sites is 1. The molecule has 64 heavy (non-hydrogen) atoms. The first kappa shape index (κ1) is 39.1. The third kappa shape index (κ3) is 7.01. The molecule has 0 spiro atoms. The van der Waals surface area contributed by atoms with Gasteiger partial charge in [-0.3, -0.25) is 0 Å². The molecule has 11 rings (SSSR count). The third-order valence-electron chi connectivity index (χ3n) is 12.6. The van der Waals surface area contributed by atoms with Gasteiger partial charge in [-0.05, 0) is 41.5 Å². The second-order valence-electron chi connectivity index (χ2n) is 16.3. The van der Waals surface area contributed by atoms with E-state index in [4.69, 9.17) is 0 Å². The maximum absolute atomic E-state index is 14.1. The van der Waals surface area contributed by atoms with Crippen molar-refractivity contribution in [1.82, 2.24) is 4.57 Å². The molecule has 4 heteroatoms. The van der Waals surface area contributed by atoms with E-state index in [1.54, 1.807) is 0 Å². The van der Waals surface area contributed by atoms with Gasteiger partial charge in [-0.1, -0.05) is 48.5 Å². The van der Waals surface area contributed by atoms with E-state index in [0.29, 0.717) is 0 Å². The molecule has 10 aromatic carbocycles. The predicted octanol–water partition coefficient (Wildman–Crippen LogP) is 13.1. The van der Waals surface area contributed by atoms with Crippen LogP contribution in [0, 0.1) is 5.82 Å². The Morgan fingerprint density at radius 1 is 0.312 bits per heavy atom. The number of hydrogen-bond acceptors (Lipinski definition) is 1. The van der Waals surface area contributed by atoms with Crippen LogP contribution in [0.2, 0.25) is 0 Å². The minimum atomic E-state index is -3.37. The Labute approximate surface area is 376 Å². The summed E-state index contributed by atoms with van der Waals surface area (Å²) < 4.78 is 21.9. The molecule has 0 aliphatic rings. The van der Waals surface area contributed by atoms with Gasteiger partial charge in [0.2, 0.25) is 0 Å². The fourth-order valence-corrected chi connectivity index (χ4v) is 19.6. The predicted molar refractivity (Wildman–Crippen MR) is 270 cm³/mol. The van der Waals surface area contributed by atoms with Gasteiger partial charge in [0.25, 0.3) is 0 Å². The van der Waals surface area contributed by atoms with Crippen molar-refractivity contribution in [3.63, 3.8) is 0 Å². The Kier molecular flexibility index (Phi) is 10.3. The van der Waals surface area contributed by atoms with E-state index < -0.39 is 13.3 Å².